The maximum atomic E-state index is 13.7. The summed E-state index contributed by atoms with van der Waals surface area (Å²) in [7, 11) is 3.01. The Morgan fingerprint density at radius 1 is 0.722 bits per heavy atom. The van der Waals surface area contributed by atoms with Crippen molar-refractivity contribution in [1.29, 1.82) is 0 Å². The summed E-state index contributed by atoms with van der Waals surface area (Å²) in [5, 5.41) is 5.49. The Kier molecular flexibility index (Phi) is 8.53. The van der Waals surface area contributed by atoms with Crippen molar-refractivity contribution in [3.05, 3.63) is 79.9 Å². The van der Waals surface area contributed by atoms with Gasteiger partial charge in [-0.3, -0.25) is 38.7 Å². The van der Waals surface area contributed by atoms with Crippen LogP contribution in [0.1, 0.15) is 20.7 Å². The first-order valence-electron chi connectivity index (χ1n) is 10.3. The number of aldehydes is 2. The monoisotopic (exact) mass is 532 g/mol. The molecule has 0 unspecified atom stereocenters. The molecule has 36 heavy (non-hydrogen) atoms. The van der Waals surface area contributed by atoms with E-state index in [1.807, 2.05) is 0 Å². The summed E-state index contributed by atoms with van der Waals surface area (Å²) in [6.07, 6.45) is 4.52. The van der Waals surface area contributed by atoms with Gasteiger partial charge < -0.3 is 0 Å². The van der Waals surface area contributed by atoms with Crippen LogP contribution >= 0.6 is 23.5 Å². The van der Waals surface area contributed by atoms with Crippen molar-refractivity contribution in [2.45, 2.75) is 9.79 Å². The van der Waals surface area contributed by atoms with Crippen molar-refractivity contribution in [1.82, 2.24) is 19.6 Å². The molecular weight excluding hydrogens is 510 g/mol. The van der Waals surface area contributed by atoms with E-state index in [1.54, 1.807) is 36.8 Å². The van der Waals surface area contributed by atoms with Gasteiger partial charge >= 0.3 is 0 Å². The van der Waals surface area contributed by atoms with Gasteiger partial charge in [0.25, 0.3) is 11.1 Å². The number of rotatable bonds is 6. The Bertz CT molecular complexity index is 1440. The molecule has 0 radical (unpaired) electrons. The second-order valence-electron chi connectivity index (χ2n) is 7.46. The van der Waals surface area contributed by atoms with Crippen LogP contribution < -0.4 is 11.1 Å². The van der Waals surface area contributed by atoms with Crippen LogP contribution in [0.4, 0.5) is 8.78 Å². The van der Waals surface area contributed by atoms with E-state index in [-0.39, 0.29) is 22.8 Å². The SMILES string of the molecule is CSc1ccc(-c2[nH]n(C)c(=O)c2C=O)cc1F.CSc1ccc(-c2[nH]n(C)c(=O)c2C=O)cc1F. The first kappa shape index (κ1) is 27.0. The zero-order valence-corrected chi connectivity index (χ0v) is 21.4. The Morgan fingerprint density at radius 3 is 1.36 bits per heavy atom. The Balaban J connectivity index is 0.000000201. The number of thioether (sulfide) groups is 2. The Morgan fingerprint density at radius 2 is 1.08 bits per heavy atom. The molecule has 188 valence electrons. The van der Waals surface area contributed by atoms with Gasteiger partial charge in [-0.05, 0) is 36.8 Å². The standard InChI is InChI=1S/2C12H11FN2O2S/c2*1-15-12(17)8(6-16)11(14-15)7-3-4-10(18-2)9(13)5-7/h2*3-6,14H,1-2H3. The second kappa shape index (κ2) is 11.4. The smallest absolute Gasteiger partial charge is 0.277 e. The number of aromatic amines is 2. The zero-order valence-electron chi connectivity index (χ0n) is 19.7. The molecule has 2 N–H and O–H groups in total. The highest BCUT2D eigenvalue weighted by Gasteiger charge is 2.16. The summed E-state index contributed by atoms with van der Waals surface area (Å²) in [5.41, 5.74) is 0.801. The molecule has 0 amide bonds. The van der Waals surface area contributed by atoms with Crippen molar-refractivity contribution in [3.63, 3.8) is 0 Å². The molecule has 0 fully saturated rings. The van der Waals surface area contributed by atoms with Crippen LogP contribution in [0.15, 0.2) is 55.8 Å². The van der Waals surface area contributed by atoms with Crippen molar-refractivity contribution >= 4 is 36.1 Å². The lowest BCUT2D eigenvalue weighted by molar-refractivity contribution is 0.111. The molecule has 0 saturated carbocycles. The fraction of sp³-hybridized carbons (Fsp3) is 0.167. The van der Waals surface area contributed by atoms with Crippen molar-refractivity contribution in [3.8, 4) is 22.5 Å². The normalized spacial score (nSPS) is 10.6. The molecule has 2 aromatic carbocycles. The van der Waals surface area contributed by atoms with Crippen molar-refractivity contribution in [2.75, 3.05) is 12.5 Å². The van der Waals surface area contributed by atoms with E-state index in [0.717, 1.165) is 0 Å². The lowest BCUT2D eigenvalue weighted by Crippen LogP contribution is -2.14. The average molecular weight is 533 g/mol. The summed E-state index contributed by atoms with van der Waals surface area (Å²) < 4.78 is 29.7. The van der Waals surface area contributed by atoms with Gasteiger partial charge in [0, 0.05) is 35.0 Å². The molecule has 0 spiro atoms. The molecule has 0 aliphatic carbocycles. The van der Waals surface area contributed by atoms with E-state index < -0.39 is 11.1 Å². The summed E-state index contributed by atoms with van der Waals surface area (Å²) in [6.45, 7) is 0. The van der Waals surface area contributed by atoms with Crippen LogP contribution in [0, 0.1) is 11.6 Å². The van der Waals surface area contributed by atoms with E-state index in [0.29, 0.717) is 44.9 Å². The lowest BCUT2D eigenvalue weighted by atomic mass is 10.1. The van der Waals surface area contributed by atoms with Crippen molar-refractivity contribution < 1.29 is 18.4 Å². The average Bonchev–Trinajstić information content (AvgIpc) is 3.33. The number of nitrogens with one attached hydrogen (secondary N) is 2. The molecule has 12 heteroatoms. The van der Waals surface area contributed by atoms with Crippen LogP contribution in [0.3, 0.4) is 0 Å². The topological polar surface area (TPSA) is 110 Å². The number of nitrogens with zero attached hydrogens (tertiary/aromatic N) is 2. The van der Waals surface area contributed by atoms with E-state index in [4.69, 9.17) is 0 Å². The summed E-state index contributed by atoms with van der Waals surface area (Å²) >= 11 is 2.59. The number of H-pyrrole nitrogens is 2. The number of hydrogen-bond acceptors (Lipinski definition) is 6. The van der Waals surface area contributed by atoms with Gasteiger partial charge in [0.05, 0.1) is 11.4 Å². The molecule has 4 aromatic rings. The predicted octanol–water partition coefficient (Wildman–Crippen LogP) is 4.11. The first-order valence-corrected chi connectivity index (χ1v) is 12.8. The molecule has 8 nitrogen and oxygen atoms in total. The molecule has 0 atom stereocenters. The van der Waals surface area contributed by atoms with Crippen LogP contribution in [0.25, 0.3) is 22.5 Å². The number of aryl methyl sites for hydroxylation is 2. The Labute approximate surface area is 212 Å². The molecule has 2 heterocycles. The van der Waals surface area contributed by atoms with Gasteiger partial charge in [-0.1, -0.05) is 12.1 Å². The highest BCUT2D eigenvalue weighted by molar-refractivity contribution is 7.98. The number of carbonyl (C=O) groups excluding carboxylic acids is 2. The molecule has 4 rings (SSSR count). The van der Waals surface area contributed by atoms with Crippen LogP contribution in [0.5, 0.6) is 0 Å². The molecule has 0 bridgehead atoms. The highest BCUT2D eigenvalue weighted by Crippen LogP contribution is 2.27. The van der Waals surface area contributed by atoms with Gasteiger partial charge in [0.15, 0.2) is 12.6 Å². The van der Waals surface area contributed by atoms with Crippen LogP contribution in [0.2, 0.25) is 0 Å². The maximum Gasteiger partial charge on any atom is 0.277 e. The third-order valence-corrected chi connectivity index (χ3v) is 6.83. The molecule has 2 aromatic heterocycles. The van der Waals surface area contributed by atoms with E-state index in [1.165, 1.54) is 59.1 Å². The highest BCUT2D eigenvalue weighted by atomic mass is 32.2. The van der Waals surface area contributed by atoms with Crippen molar-refractivity contribution in [2.24, 2.45) is 14.1 Å². The molecule has 0 saturated heterocycles. The van der Waals surface area contributed by atoms with Gasteiger partial charge in [-0.15, -0.1) is 23.5 Å². The predicted molar refractivity (Wildman–Crippen MR) is 137 cm³/mol. The molecular formula is C24H22F2N4O4S2. The quantitative estimate of drug-likeness (QED) is 0.286. The number of carbonyl (C=O) groups is 2. The minimum absolute atomic E-state index is 0.00815. The number of halogens is 2. The third kappa shape index (κ3) is 5.29. The summed E-state index contributed by atoms with van der Waals surface area (Å²) in [6, 6.07) is 9.21. The fourth-order valence-electron chi connectivity index (χ4n) is 3.44. The number of benzene rings is 2. The van der Waals surface area contributed by atoms with E-state index in [9.17, 15) is 28.0 Å². The van der Waals surface area contributed by atoms with Gasteiger partial charge in [0.1, 0.15) is 22.8 Å². The Hall–Kier alpha value is -3.64. The van der Waals surface area contributed by atoms with Crippen LogP contribution in [-0.2, 0) is 14.1 Å². The van der Waals surface area contributed by atoms with Crippen LogP contribution in [-0.4, -0.2) is 44.6 Å². The fourth-order valence-corrected chi connectivity index (χ4v) is 4.35. The van der Waals surface area contributed by atoms with E-state index in [2.05, 4.69) is 10.2 Å². The summed E-state index contributed by atoms with van der Waals surface area (Å²) in [4.78, 5) is 46.1. The van der Waals surface area contributed by atoms with E-state index >= 15 is 0 Å². The largest absolute Gasteiger partial charge is 0.298 e. The maximum absolute atomic E-state index is 13.7. The van der Waals surface area contributed by atoms with Gasteiger partial charge in [-0.2, -0.15) is 0 Å². The third-order valence-electron chi connectivity index (χ3n) is 5.28. The summed E-state index contributed by atoms with van der Waals surface area (Å²) in [5.74, 6) is -0.747. The zero-order chi connectivity index (χ0) is 26.6. The number of hydrogen-bond donors (Lipinski definition) is 2. The minimum Gasteiger partial charge on any atom is -0.298 e. The molecule has 0 aliphatic rings. The molecule has 0 aliphatic heterocycles. The number of aromatic nitrogens is 4. The van der Waals surface area contributed by atoms with Gasteiger partial charge in [-0.25, -0.2) is 8.78 Å². The first-order chi connectivity index (χ1) is 17.2. The second-order valence-corrected chi connectivity index (χ2v) is 9.16. The lowest BCUT2D eigenvalue weighted by Gasteiger charge is -2.03. The van der Waals surface area contributed by atoms with Gasteiger partial charge in [0.2, 0.25) is 0 Å². The minimum atomic E-state index is -0.422.